The fourth-order valence-corrected chi connectivity index (χ4v) is 2.48. The SMILES string of the molecule is C[C@@H]1CN(C(=O)c2cccnc2Br)C[C@H](C)O1. The third-order valence-electron chi connectivity index (χ3n) is 2.70. The zero-order valence-corrected chi connectivity index (χ0v) is 11.5. The first-order valence-electron chi connectivity index (χ1n) is 5.63. The summed E-state index contributed by atoms with van der Waals surface area (Å²) in [5.41, 5.74) is 0.605. The molecule has 1 fully saturated rings. The van der Waals surface area contributed by atoms with E-state index in [1.807, 2.05) is 18.7 Å². The van der Waals surface area contributed by atoms with Crippen molar-refractivity contribution in [1.82, 2.24) is 9.88 Å². The monoisotopic (exact) mass is 298 g/mol. The largest absolute Gasteiger partial charge is 0.372 e. The molecule has 1 amide bonds. The van der Waals surface area contributed by atoms with Gasteiger partial charge in [-0.3, -0.25) is 4.79 Å². The fourth-order valence-electron chi connectivity index (χ4n) is 2.06. The van der Waals surface area contributed by atoms with E-state index < -0.39 is 0 Å². The first kappa shape index (κ1) is 12.5. The summed E-state index contributed by atoms with van der Waals surface area (Å²) in [4.78, 5) is 18.2. The number of rotatable bonds is 1. The van der Waals surface area contributed by atoms with E-state index >= 15 is 0 Å². The Balaban J connectivity index is 2.17. The Morgan fingerprint density at radius 3 is 2.71 bits per heavy atom. The van der Waals surface area contributed by atoms with Crippen LogP contribution in [-0.2, 0) is 4.74 Å². The molecule has 1 aromatic rings. The van der Waals surface area contributed by atoms with Crippen LogP contribution < -0.4 is 0 Å². The lowest BCUT2D eigenvalue weighted by Gasteiger charge is -2.35. The summed E-state index contributed by atoms with van der Waals surface area (Å²) >= 11 is 3.30. The van der Waals surface area contributed by atoms with E-state index in [9.17, 15) is 4.79 Å². The number of pyridine rings is 1. The van der Waals surface area contributed by atoms with Gasteiger partial charge in [-0.25, -0.2) is 4.98 Å². The van der Waals surface area contributed by atoms with Gasteiger partial charge in [-0.1, -0.05) is 0 Å². The van der Waals surface area contributed by atoms with Gasteiger partial charge in [0.25, 0.3) is 5.91 Å². The van der Waals surface area contributed by atoms with Gasteiger partial charge in [0.05, 0.1) is 17.8 Å². The molecule has 0 spiro atoms. The summed E-state index contributed by atoms with van der Waals surface area (Å²) in [5.74, 6) is 0.00646. The van der Waals surface area contributed by atoms with Crippen LogP contribution >= 0.6 is 15.9 Å². The molecule has 17 heavy (non-hydrogen) atoms. The molecule has 0 bridgehead atoms. The maximum Gasteiger partial charge on any atom is 0.256 e. The molecule has 4 nitrogen and oxygen atoms in total. The lowest BCUT2D eigenvalue weighted by Crippen LogP contribution is -2.48. The number of aromatic nitrogens is 1. The minimum atomic E-state index is 0.00646. The summed E-state index contributed by atoms with van der Waals surface area (Å²) < 4.78 is 6.21. The molecule has 1 aliphatic heterocycles. The molecule has 1 aromatic heterocycles. The number of carbonyl (C=O) groups is 1. The van der Waals surface area contributed by atoms with E-state index in [1.54, 1.807) is 18.3 Å². The van der Waals surface area contributed by atoms with E-state index in [2.05, 4.69) is 20.9 Å². The molecule has 2 heterocycles. The number of halogens is 1. The normalized spacial score (nSPS) is 24.8. The van der Waals surface area contributed by atoms with Crippen LogP contribution in [0, 0.1) is 0 Å². The van der Waals surface area contributed by atoms with Gasteiger partial charge in [0, 0.05) is 19.3 Å². The van der Waals surface area contributed by atoms with Gasteiger partial charge in [-0.05, 0) is 41.9 Å². The molecule has 0 unspecified atom stereocenters. The highest BCUT2D eigenvalue weighted by atomic mass is 79.9. The first-order chi connectivity index (χ1) is 8.08. The van der Waals surface area contributed by atoms with Crippen molar-refractivity contribution in [1.29, 1.82) is 0 Å². The van der Waals surface area contributed by atoms with Crippen molar-refractivity contribution in [2.24, 2.45) is 0 Å². The number of hydrogen-bond acceptors (Lipinski definition) is 3. The van der Waals surface area contributed by atoms with E-state index in [1.165, 1.54) is 0 Å². The van der Waals surface area contributed by atoms with E-state index in [0.717, 1.165) is 0 Å². The van der Waals surface area contributed by atoms with Crippen LogP contribution in [0.25, 0.3) is 0 Å². The Morgan fingerprint density at radius 1 is 1.47 bits per heavy atom. The highest BCUT2D eigenvalue weighted by Crippen LogP contribution is 2.18. The Hall–Kier alpha value is -0.940. The molecule has 1 saturated heterocycles. The van der Waals surface area contributed by atoms with Crippen molar-refractivity contribution in [2.45, 2.75) is 26.1 Å². The minimum Gasteiger partial charge on any atom is -0.372 e. The van der Waals surface area contributed by atoms with Crippen molar-refractivity contribution in [3.63, 3.8) is 0 Å². The topological polar surface area (TPSA) is 42.4 Å². The number of morpholine rings is 1. The third-order valence-corrected chi connectivity index (χ3v) is 3.33. The standard InChI is InChI=1S/C12H15BrN2O2/c1-8-6-15(7-9(2)17-8)12(16)10-4-3-5-14-11(10)13/h3-5,8-9H,6-7H2,1-2H3/t8-,9+. The first-order valence-corrected chi connectivity index (χ1v) is 6.42. The lowest BCUT2D eigenvalue weighted by atomic mass is 10.2. The van der Waals surface area contributed by atoms with Gasteiger partial charge in [0.2, 0.25) is 0 Å². The highest BCUT2D eigenvalue weighted by Gasteiger charge is 2.27. The van der Waals surface area contributed by atoms with Gasteiger partial charge in [-0.2, -0.15) is 0 Å². The molecule has 0 saturated carbocycles. The number of nitrogens with zero attached hydrogens (tertiary/aromatic N) is 2. The Morgan fingerprint density at radius 2 is 2.12 bits per heavy atom. The molecule has 2 rings (SSSR count). The van der Waals surface area contributed by atoms with Crippen LogP contribution in [0.5, 0.6) is 0 Å². The maximum absolute atomic E-state index is 12.3. The summed E-state index contributed by atoms with van der Waals surface area (Å²) in [5, 5.41) is 0. The van der Waals surface area contributed by atoms with Gasteiger partial charge in [0.15, 0.2) is 0 Å². The summed E-state index contributed by atoms with van der Waals surface area (Å²) in [6.07, 6.45) is 1.82. The zero-order chi connectivity index (χ0) is 12.4. The fraction of sp³-hybridized carbons (Fsp3) is 0.500. The van der Waals surface area contributed by atoms with Gasteiger partial charge in [0.1, 0.15) is 4.60 Å². The van der Waals surface area contributed by atoms with Crippen molar-refractivity contribution < 1.29 is 9.53 Å². The summed E-state index contributed by atoms with van der Waals surface area (Å²) in [7, 11) is 0. The molecule has 2 atom stereocenters. The van der Waals surface area contributed by atoms with Crippen LogP contribution in [0.2, 0.25) is 0 Å². The van der Waals surface area contributed by atoms with Crippen molar-refractivity contribution >= 4 is 21.8 Å². The van der Waals surface area contributed by atoms with Crippen LogP contribution in [0.1, 0.15) is 24.2 Å². The minimum absolute atomic E-state index is 0.00646. The Kier molecular flexibility index (Phi) is 3.79. The molecule has 0 radical (unpaired) electrons. The van der Waals surface area contributed by atoms with E-state index in [0.29, 0.717) is 23.3 Å². The van der Waals surface area contributed by atoms with E-state index in [-0.39, 0.29) is 18.1 Å². The van der Waals surface area contributed by atoms with Crippen LogP contribution in [0.3, 0.4) is 0 Å². The molecule has 5 heteroatoms. The van der Waals surface area contributed by atoms with Crippen molar-refractivity contribution in [3.05, 3.63) is 28.5 Å². The second-order valence-electron chi connectivity index (χ2n) is 4.31. The average molecular weight is 299 g/mol. The number of amides is 1. The van der Waals surface area contributed by atoms with Gasteiger partial charge in [-0.15, -0.1) is 0 Å². The van der Waals surface area contributed by atoms with Crippen LogP contribution in [-0.4, -0.2) is 41.1 Å². The smallest absolute Gasteiger partial charge is 0.256 e. The lowest BCUT2D eigenvalue weighted by molar-refractivity contribution is -0.0586. The molecular formula is C12H15BrN2O2. The zero-order valence-electron chi connectivity index (χ0n) is 9.89. The second kappa shape index (κ2) is 5.14. The van der Waals surface area contributed by atoms with Crippen LogP contribution in [0.15, 0.2) is 22.9 Å². The van der Waals surface area contributed by atoms with Gasteiger partial charge >= 0.3 is 0 Å². The molecule has 1 aliphatic rings. The third kappa shape index (κ3) is 2.84. The quantitative estimate of drug-likeness (QED) is 0.746. The predicted octanol–water partition coefficient (Wildman–Crippen LogP) is 2.09. The average Bonchev–Trinajstić information content (AvgIpc) is 2.27. The Labute approximate surface area is 109 Å². The maximum atomic E-state index is 12.3. The molecular weight excluding hydrogens is 284 g/mol. The van der Waals surface area contributed by atoms with Crippen LogP contribution in [0.4, 0.5) is 0 Å². The van der Waals surface area contributed by atoms with E-state index in [4.69, 9.17) is 4.74 Å². The summed E-state index contributed by atoms with van der Waals surface area (Å²) in [6, 6.07) is 3.55. The number of hydrogen-bond donors (Lipinski definition) is 0. The highest BCUT2D eigenvalue weighted by molar-refractivity contribution is 9.10. The number of ether oxygens (including phenoxy) is 1. The molecule has 0 aliphatic carbocycles. The van der Waals surface area contributed by atoms with Crippen molar-refractivity contribution in [2.75, 3.05) is 13.1 Å². The van der Waals surface area contributed by atoms with Gasteiger partial charge < -0.3 is 9.64 Å². The summed E-state index contributed by atoms with van der Waals surface area (Å²) in [6.45, 7) is 5.22. The number of carbonyl (C=O) groups excluding carboxylic acids is 1. The predicted molar refractivity (Wildman–Crippen MR) is 67.8 cm³/mol. The second-order valence-corrected chi connectivity index (χ2v) is 5.06. The Bertz CT molecular complexity index is 415. The molecule has 0 N–H and O–H groups in total. The van der Waals surface area contributed by atoms with Crippen molar-refractivity contribution in [3.8, 4) is 0 Å². The molecule has 92 valence electrons. The molecule has 0 aromatic carbocycles.